The summed E-state index contributed by atoms with van der Waals surface area (Å²) in [7, 11) is -2.80. The second-order valence-corrected chi connectivity index (χ2v) is 6.09. The SMILES string of the molecule is CCc1ccc(S(=N)(=O)CCNC(C)=O)cc1. The van der Waals surface area contributed by atoms with Crippen molar-refractivity contribution in [2.45, 2.75) is 25.2 Å². The predicted octanol–water partition coefficient (Wildman–Crippen LogP) is 1.79. The first-order valence-corrected chi connectivity index (χ1v) is 7.28. The van der Waals surface area contributed by atoms with Crippen molar-refractivity contribution in [3.8, 4) is 0 Å². The maximum Gasteiger partial charge on any atom is 0.216 e. The molecule has 5 heteroatoms. The number of amides is 1. The molecular formula is C12H18N2O2S. The fourth-order valence-electron chi connectivity index (χ4n) is 1.43. The van der Waals surface area contributed by atoms with Crippen LogP contribution in [0.4, 0.5) is 0 Å². The fraction of sp³-hybridized carbons (Fsp3) is 0.417. The first kappa shape index (κ1) is 13.7. The molecule has 1 aromatic rings. The van der Waals surface area contributed by atoms with Crippen molar-refractivity contribution in [3.63, 3.8) is 0 Å². The fourth-order valence-corrected chi connectivity index (χ4v) is 2.63. The van der Waals surface area contributed by atoms with Crippen molar-refractivity contribution in [1.29, 1.82) is 4.78 Å². The number of carbonyl (C=O) groups excluding carboxylic acids is 1. The maximum absolute atomic E-state index is 12.1. The average molecular weight is 254 g/mol. The number of aryl methyl sites for hydroxylation is 1. The van der Waals surface area contributed by atoms with E-state index in [0.29, 0.717) is 4.90 Å². The van der Waals surface area contributed by atoms with Crippen molar-refractivity contribution < 1.29 is 9.00 Å². The van der Waals surface area contributed by atoms with Crippen LogP contribution >= 0.6 is 0 Å². The Labute approximate surface area is 102 Å². The summed E-state index contributed by atoms with van der Waals surface area (Å²) in [6.45, 7) is 3.72. The van der Waals surface area contributed by atoms with Crippen LogP contribution in [0.1, 0.15) is 19.4 Å². The van der Waals surface area contributed by atoms with Crippen molar-refractivity contribution in [1.82, 2.24) is 5.32 Å². The van der Waals surface area contributed by atoms with Crippen LogP contribution in [0.25, 0.3) is 0 Å². The van der Waals surface area contributed by atoms with E-state index in [-0.39, 0.29) is 18.2 Å². The summed E-state index contributed by atoms with van der Waals surface area (Å²) in [6.07, 6.45) is 0.922. The molecule has 0 fully saturated rings. The lowest BCUT2D eigenvalue weighted by Gasteiger charge is -2.08. The van der Waals surface area contributed by atoms with E-state index in [1.807, 2.05) is 19.1 Å². The van der Waals surface area contributed by atoms with Gasteiger partial charge < -0.3 is 5.32 Å². The molecule has 0 aliphatic rings. The van der Waals surface area contributed by atoms with Crippen LogP contribution in [0, 0.1) is 4.78 Å². The van der Waals surface area contributed by atoms with E-state index in [1.54, 1.807) is 12.1 Å². The Morgan fingerprint density at radius 2 is 1.94 bits per heavy atom. The second kappa shape index (κ2) is 5.82. The number of benzene rings is 1. The molecule has 1 amide bonds. The zero-order valence-corrected chi connectivity index (χ0v) is 11.0. The highest BCUT2D eigenvalue weighted by Gasteiger charge is 2.09. The number of hydrogen-bond donors (Lipinski definition) is 2. The van der Waals surface area contributed by atoms with Crippen molar-refractivity contribution in [2.75, 3.05) is 12.3 Å². The number of carbonyl (C=O) groups is 1. The molecule has 0 saturated heterocycles. The molecule has 94 valence electrons. The molecule has 0 aromatic heterocycles. The molecule has 1 aromatic carbocycles. The quantitative estimate of drug-likeness (QED) is 0.841. The van der Waals surface area contributed by atoms with E-state index in [1.165, 1.54) is 6.92 Å². The Balaban J connectivity index is 2.72. The lowest BCUT2D eigenvalue weighted by Crippen LogP contribution is -2.26. The van der Waals surface area contributed by atoms with Crippen molar-refractivity contribution in [3.05, 3.63) is 29.8 Å². The Morgan fingerprint density at radius 3 is 2.41 bits per heavy atom. The van der Waals surface area contributed by atoms with E-state index in [0.717, 1.165) is 12.0 Å². The van der Waals surface area contributed by atoms with Gasteiger partial charge in [-0.1, -0.05) is 19.1 Å². The highest BCUT2D eigenvalue weighted by Crippen LogP contribution is 2.13. The van der Waals surface area contributed by atoms with Gasteiger partial charge in [-0.15, -0.1) is 0 Å². The molecule has 0 bridgehead atoms. The Kier molecular flexibility index (Phi) is 4.69. The predicted molar refractivity (Wildman–Crippen MR) is 68.5 cm³/mol. The zero-order chi connectivity index (χ0) is 12.9. The highest BCUT2D eigenvalue weighted by atomic mass is 32.2. The molecule has 1 atom stereocenters. The topological polar surface area (TPSA) is 70.0 Å². The summed E-state index contributed by atoms with van der Waals surface area (Å²) in [4.78, 5) is 11.2. The highest BCUT2D eigenvalue weighted by molar-refractivity contribution is 7.92. The first-order chi connectivity index (χ1) is 7.95. The van der Waals surface area contributed by atoms with E-state index < -0.39 is 9.73 Å². The summed E-state index contributed by atoms with van der Waals surface area (Å²) in [5, 5.41) is 2.56. The second-order valence-electron chi connectivity index (χ2n) is 3.86. The van der Waals surface area contributed by atoms with Crippen LogP contribution in [0.3, 0.4) is 0 Å². The molecule has 2 N–H and O–H groups in total. The summed E-state index contributed by atoms with van der Waals surface area (Å²) in [5.41, 5.74) is 1.16. The monoisotopic (exact) mass is 254 g/mol. The first-order valence-electron chi connectivity index (χ1n) is 5.55. The average Bonchev–Trinajstić information content (AvgIpc) is 2.28. The van der Waals surface area contributed by atoms with Gasteiger partial charge in [0.15, 0.2) is 0 Å². The molecule has 1 unspecified atom stereocenters. The van der Waals surface area contributed by atoms with Crippen molar-refractivity contribution in [2.24, 2.45) is 0 Å². The molecule has 0 saturated carbocycles. The zero-order valence-electron chi connectivity index (χ0n) is 10.2. The van der Waals surface area contributed by atoms with Crippen LogP contribution < -0.4 is 5.32 Å². The van der Waals surface area contributed by atoms with Crippen LogP contribution in [-0.2, 0) is 20.9 Å². The van der Waals surface area contributed by atoms with Gasteiger partial charge in [0.05, 0.1) is 15.5 Å². The Bertz CT molecular complexity index is 478. The van der Waals surface area contributed by atoms with Gasteiger partial charge in [0, 0.05) is 18.4 Å². The van der Waals surface area contributed by atoms with Crippen LogP contribution in [0.2, 0.25) is 0 Å². The van der Waals surface area contributed by atoms with Gasteiger partial charge in [-0.05, 0) is 24.1 Å². The minimum atomic E-state index is -2.80. The smallest absolute Gasteiger partial charge is 0.216 e. The summed E-state index contributed by atoms with van der Waals surface area (Å²) in [5.74, 6) is -0.0144. The maximum atomic E-state index is 12.1. The van der Waals surface area contributed by atoms with Gasteiger partial charge in [0.25, 0.3) is 0 Å². The molecule has 0 spiro atoms. The number of hydrogen-bond acceptors (Lipinski definition) is 3. The van der Waals surface area contributed by atoms with Gasteiger partial charge in [-0.25, -0.2) is 8.99 Å². The lowest BCUT2D eigenvalue weighted by atomic mass is 10.2. The summed E-state index contributed by atoms with van der Waals surface area (Å²) >= 11 is 0. The Hall–Kier alpha value is -1.36. The van der Waals surface area contributed by atoms with Crippen molar-refractivity contribution >= 4 is 15.6 Å². The van der Waals surface area contributed by atoms with Crippen LogP contribution in [0.5, 0.6) is 0 Å². The number of nitrogens with one attached hydrogen (secondary N) is 2. The minimum Gasteiger partial charge on any atom is -0.355 e. The van der Waals surface area contributed by atoms with E-state index >= 15 is 0 Å². The normalized spacial score (nSPS) is 14.0. The molecule has 0 radical (unpaired) electrons. The van der Waals surface area contributed by atoms with E-state index in [4.69, 9.17) is 4.78 Å². The van der Waals surface area contributed by atoms with Gasteiger partial charge >= 0.3 is 0 Å². The Morgan fingerprint density at radius 1 is 1.35 bits per heavy atom. The van der Waals surface area contributed by atoms with Crippen LogP contribution in [-0.4, -0.2) is 22.4 Å². The number of rotatable bonds is 5. The molecule has 1 rings (SSSR count). The summed E-state index contributed by atoms with van der Waals surface area (Å²) in [6, 6.07) is 7.26. The van der Waals surface area contributed by atoms with Gasteiger partial charge in [0.1, 0.15) is 0 Å². The largest absolute Gasteiger partial charge is 0.355 e. The third-order valence-corrected chi connectivity index (χ3v) is 4.29. The molecular weight excluding hydrogens is 236 g/mol. The minimum absolute atomic E-state index is 0.151. The lowest BCUT2D eigenvalue weighted by molar-refractivity contribution is -0.118. The summed E-state index contributed by atoms with van der Waals surface area (Å²) < 4.78 is 19.9. The van der Waals surface area contributed by atoms with Gasteiger partial charge in [-0.2, -0.15) is 0 Å². The molecule has 4 nitrogen and oxygen atoms in total. The molecule has 17 heavy (non-hydrogen) atoms. The third-order valence-electron chi connectivity index (χ3n) is 2.48. The van der Waals surface area contributed by atoms with E-state index in [2.05, 4.69) is 5.32 Å². The molecule has 0 aliphatic heterocycles. The van der Waals surface area contributed by atoms with Crippen LogP contribution in [0.15, 0.2) is 29.2 Å². The molecule has 0 aliphatic carbocycles. The van der Waals surface area contributed by atoms with E-state index in [9.17, 15) is 9.00 Å². The van der Waals surface area contributed by atoms with Gasteiger partial charge in [-0.3, -0.25) is 4.79 Å². The molecule has 0 heterocycles. The standard InChI is InChI=1S/C12H18N2O2S/c1-3-11-4-6-12(7-5-11)17(13,16)9-8-14-10(2)15/h4-7,13H,3,8-9H2,1-2H3,(H,14,15). The van der Waals surface area contributed by atoms with Gasteiger partial charge in [0.2, 0.25) is 5.91 Å². The third kappa shape index (κ3) is 4.19.